The van der Waals surface area contributed by atoms with Gasteiger partial charge >= 0.3 is 5.69 Å². The second-order valence-corrected chi connectivity index (χ2v) is 8.48. The molecule has 0 aliphatic carbocycles. The summed E-state index contributed by atoms with van der Waals surface area (Å²) < 4.78 is 34.6. The van der Waals surface area contributed by atoms with Crippen LogP contribution in [0.3, 0.4) is 0 Å². The monoisotopic (exact) mass is 432 g/mol. The molecule has 154 valence electrons. The van der Waals surface area contributed by atoms with Crippen LogP contribution in [0.25, 0.3) is 21.9 Å². The number of H-pyrrole nitrogens is 2. The fourth-order valence-corrected chi connectivity index (χ4v) is 4.67. The van der Waals surface area contributed by atoms with Crippen LogP contribution in [0, 0.1) is 0 Å². The maximum atomic E-state index is 13.1. The van der Waals surface area contributed by atoms with Crippen molar-refractivity contribution >= 4 is 37.6 Å². The number of hydrogen-bond donors (Lipinski definition) is 3. The largest absolute Gasteiger partial charge is 0.455 e. The molecule has 9 heteroatoms. The van der Waals surface area contributed by atoms with E-state index >= 15 is 0 Å². The number of pyridine rings is 1. The zero-order valence-electron chi connectivity index (χ0n) is 16.0. The second kappa shape index (κ2) is 7.29. The normalized spacial score (nSPS) is 11.6. The van der Waals surface area contributed by atoms with Gasteiger partial charge in [0.15, 0.2) is 11.4 Å². The molecule has 0 saturated carbocycles. The van der Waals surface area contributed by atoms with E-state index < -0.39 is 15.7 Å². The highest BCUT2D eigenvalue weighted by molar-refractivity contribution is 7.93. The predicted molar refractivity (Wildman–Crippen MR) is 118 cm³/mol. The van der Waals surface area contributed by atoms with Crippen molar-refractivity contribution in [2.45, 2.75) is 4.90 Å². The van der Waals surface area contributed by atoms with Gasteiger partial charge in [-0.3, -0.25) is 9.71 Å². The predicted octanol–water partition coefficient (Wildman–Crippen LogP) is 4.00. The number of fused-ring (bicyclic) bond motifs is 2. The molecule has 0 saturated heterocycles. The van der Waals surface area contributed by atoms with Gasteiger partial charge in [0, 0.05) is 23.7 Å². The molecule has 0 aliphatic rings. The van der Waals surface area contributed by atoms with E-state index in [1.54, 1.807) is 54.6 Å². The number of sulfonamides is 1. The molecule has 31 heavy (non-hydrogen) atoms. The molecule has 0 radical (unpaired) electrons. The Hall–Kier alpha value is -4.11. The molecule has 0 unspecified atom stereocenters. The van der Waals surface area contributed by atoms with Crippen molar-refractivity contribution in [1.29, 1.82) is 0 Å². The Morgan fingerprint density at radius 2 is 1.71 bits per heavy atom. The molecule has 2 heterocycles. The van der Waals surface area contributed by atoms with Gasteiger partial charge in [-0.05, 0) is 23.6 Å². The van der Waals surface area contributed by atoms with Crippen LogP contribution in [0.4, 0.5) is 5.69 Å². The molecule has 0 fully saturated rings. The first-order valence-electron chi connectivity index (χ1n) is 9.35. The summed E-state index contributed by atoms with van der Waals surface area (Å²) in [5, 5.41) is 1.48. The van der Waals surface area contributed by atoms with E-state index in [0.717, 1.165) is 5.39 Å². The summed E-state index contributed by atoms with van der Waals surface area (Å²) in [7, 11) is -3.83. The van der Waals surface area contributed by atoms with Crippen LogP contribution in [0.5, 0.6) is 11.5 Å². The molecule has 0 bridgehead atoms. The second-order valence-electron chi connectivity index (χ2n) is 6.82. The van der Waals surface area contributed by atoms with E-state index in [4.69, 9.17) is 4.74 Å². The van der Waals surface area contributed by atoms with E-state index in [2.05, 4.69) is 19.7 Å². The van der Waals surface area contributed by atoms with Crippen molar-refractivity contribution in [2.75, 3.05) is 4.72 Å². The highest BCUT2D eigenvalue weighted by Gasteiger charge is 2.17. The van der Waals surface area contributed by atoms with Gasteiger partial charge in [-0.15, -0.1) is 0 Å². The quantitative estimate of drug-likeness (QED) is 0.388. The first-order chi connectivity index (χ1) is 15.0. The minimum absolute atomic E-state index is 0.192. The number of benzene rings is 3. The van der Waals surface area contributed by atoms with Gasteiger partial charge in [0.25, 0.3) is 10.0 Å². The summed E-state index contributed by atoms with van der Waals surface area (Å²) in [6.07, 6.45) is 1.51. The number of hydrogen-bond acceptors (Lipinski definition) is 5. The van der Waals surface area contributed by atoms with Crippen molar-refractivity contribution in [2.24, 2.45) is 0 Å². The van der Waals surface area contributed by atoms with E-state index in [1.165, 1.54) is 6.20 Å². The first kappa shape index (κ1) is 18.9. The van der Waals surface area contributed by atoms with Crippen LogP contribution in [0.2, 0.25) is 0 Å². The lowest BCUT2D eigenvalue weighted by Gasteiger charge is -2.12. The van der Waals surface area contributed by atoms with E-state index in [1.807, 2.05) is 18.2 Å². The van der Waals surface area contributed by atoms with Gasteiger partial charge < -0.3 is 9.72 Å². The zero-order chi connectivity index (χ0) is 21.4. The average Bonchev–Trinajstić information content (AvgIpc) is 3.14. The average molecular weight is 432 g/mol. The van der Waals surface area contributed by atoms with Crippen molar-refractivity contribution in [3.05, 3.63) is 89.5 Å². The minimum atomic E-state index is -3.83. The molecule has 0 amide bonds. The summed E-state index contributed by atoms with van der Waals surface area (Å²) in [6.45, 7) is 0. The minimum Gasteiger partial charge on any atom is -0.455 e. The standard InChI is InChI=1S/C22H16N4O4S/c27-22-24-20-18(11-12-23-21(20)25-22)30-16-8-4-7-15(13-16)26-31(28,29)19-10-3-6-14-5-1-2-9-17(14)19/h1-13,26H,(H2,23,24,25,27). The molecule has 2 aromatic heterocycles. The fourth-order valence-electron chi connectivity index (χ4n) is 3.39. The Bertz CT molecular complexity index is 1580. The molecule has 3 N–H and O–H groups in total. The highest BCUT2D eigenvalue weighted by Crippen LogP contribution is 2.29. The first-order valence-corrected chi connectivity index (χ1v) is 10.8. The van der Waals surface area contributed by atoms with Crippen LogP contribution in [0.15, 0.2) is 88.7 Å². The van der Waals surface area contributed by atoms with Gasteiger partial charge in [0.1, 0.15) is 11.3 Å². The lowest BCUT2D eigenvalue weighted by atomic mass is 10.1. The molecular formula is C22H16N4O4S. The maximum Gasteiger partial charge on any atom is 0.325 e. The molecule has 3 aromatic carbocycles. The zero-order valence-corrected chi connectivity index (χ0v) is 16.8. The van der Waals surface area contributed by atoms with Gasteiger partial charge in [-0.2, -0.15) is 0 Å². The van der Waals surface area contributed by atoms with Crippen molar-refractivity contribution in [3.8, 4) is 11.5 Å². The highest BCUT2D eigenvalue weighted by atomic mass is 32.2. The molecule has 5 rings (SSSR count). The Morgan fingerprint density at radius 3 is 2.61 bits per heavy atom. The third kappa shape index (κ3) is 3.62. The van der Waals surface area contributed by atoms with Gasteiger partial charge in [0.2, 0.25) is 0 Å². The lowest BCUT2D eigenvalue weighted by molar-refractivity contribution is 0.487. The van der Waals surface area contributed by atoms with Gasteiger partial charge in [-0.1, -0.05) is 42.5 Å². The lowest BCUT2D eigenvalue weighted by Crippen LogP contribution is -2.13. The number of imidazole rings is 1. The number of rotatable bonds is 5. The number of aromatic amines is 2. The van der Waals surface area contributed by atoms with Crippen LogP contribution in [0.1, 0.15) is 0 Å². The summed E-state index contributed by atoms with van der Waals surface area (Å²) >= 11 is 0. The summed E-state index contributed by atoms with van der Waals surface area (Å²) in [5.41, 5.74) is 0.748. The van der Waals surface area contributed by atoms with Crippen molar-refractivity contribution < 1.29 is 13.2 Å². The smallest absolute Gasteiger partial charge is 0.325 e. The Balaban J connectivity index is 1.47. The third-order valence-corrected chi connectivity index (χ3v) is 6.18. The van der Waals surface area contributed by atoms with Crippen LogP contribution in [-0.4, -0.2) is 23.4 Å². The van der Waals surface area contributed by atoms with Crippen LogP contribution in [-0.2, 0) is 10.0 Å². The fraction of sp³-hybridized carbons (Fsp3) is 0. The number of nitrogens with zero attached hydrogens (tertiary/aromatic N) is 1. The van der Waals surface area contributed by atoms with Crippen molar-refractivity contribution in [3.63, 3.8) is 0 Å². The maximum absolute atomic E-state index is 13.1. The molecule has 8 nitrogen and oxygen atoms in total. The summed E-state index contributed by atoms with van der Waals surface area (Å²) in [6, 6.07) is 20.6. The van der Waals surface area contributed by atoms with E-state index in [0.29, 0.717) is 33.7 Å². The Morgan fingerprint density at radius 1 is 0.903 bits per heavy atom. The van der Waals surface area contributed by atoms with Crippen LogP contribution >= 0.6 is 0 Å². The number of anilines is 1. The van der Waals surface area contributed by atoms with Crippen molar-refractivity contribution in [1.82, 2.24) is 15.0 Å². The molecule has 5 aromatic rings. The topological polar surface area (TPSA) is 117 Å². The molecule has 0 aliphatic heterocycles. The molecule has 0 atom stereocenters. The SMILES string of the molecule is O=c1[nH]c2nccc(Oc3cccc(NS(=O)(=O)c4cccc5ccccc45)c3)c2[nH]1. The Kier molecular flexibility index (Phi) is 4.45. The molecular weight excluding hydrogens is 416 g/mol. The third-order valence-electron chi connectivity index (χ3n) is 4.74. The summed E-state index contributed by atoms with van der Waals surface area (Å²) in [4.78, 5) is 21.0. The number of nitrogens with one attached hydrogen (secondary N) is 3. The summed E-state index contributed by atoms with van der Waals surface area (Å²) in [5.74, 6) is 0.782. The molecule has 0 spiro atoms. The van der Waals surface area contributed by atoms with Crippen LogP contribution < -0.4 is 15.1 Å². The number of ether oxygens (including phenoxy) is 1. The van der Waals surface area contributed by atoms with Gasteiger partial charge in [-0.25, -0.2) is 18.2 Å². The van der Waals surface area contributed by atoms with E-state index in [-0.39, 0.29) is 4.90 Å². The van der Waals surface area contributed by atoms with E-state index in [9.17, 15) is 13.2 Å². The van der Waals surface area contributed by atoms with Gasteiger partial charge in [0.05, 0.1) is 10.6 Å². The Labute approximate surface area is 176 Å². The number of aromatic nitrogens is 3.